The van der Waals surface area contributed by atoms with Crippen molar-refractivity contribution in [3.8, 4) is 0 Å². The van der Waals surface area contributed by atoms with Gasteiger partial charge in [-0.1, -0.05) is 109 Å². The lowest BCUT2D eigenvalue weighted by atomic mass is 9.47. The fourth-order valence-corrected chi connectivity index (χ4v) is 7.08. The SMILES string of the molecule is O=C(N/N=C\C12c3ccccc3C(c3ccccc31)[C@@H]1C(=O)N(Cc3ccccc3)C(=O)[C@H]12)[C@@H](O)c1ccccc1. The van der Waals surface area contributed by atoms with Crippen molar-refractivity contribution in [3.05, 3.63) is 143 Å². The quantitative estimate of drug-likeness (QED) is 0.218. The molecule has 2 bridgehead atoms. The molecule has 3 aliphatic carbocycles. The molecule has 1 fully saturated rings. The summed E-state index contributed by atoms with van der Waals surface area (Å²) in [6, 6.07) is 33.9. The molecule has 1 saturated heterocycles. The smallest absolute Gasteiger partial charge is 0.273 e. The Balaban J connectivity index is 1.34. The molecule has 4 aromatic rings. The largest absolute Gasteiger partial charge is 0.378 e. The van der Waals surface area contributed by atoms with Crippen LogP contribution >= 0.6 is 0 Å². The molecule has 3 atom stereocenters. The number of hydrogen-bond donors (Lipinski definition) is 2. The van der Waals surface area contributed by atoms with Crippen LogP contribution in [0.5, 0.6) is 0 Å². The van der Waals surface area contributed by atoms with Crippen LogP contribution in [0.2, 0.25) is 0 Å². The molecular formula is C34H27N3O4. The van der Waals surface area contributed by atoms with Gasteiger partial charge in [-0.2, -0.15) is 5.10 Å². The molecule has 0 aromatic heterocycles. The van der Waals surface area contributed by atoms with Gasteiger partial charge in [0.1, 0.15) is 0 Å². The van der Waals surface area contributed by atoms with E-state index in [2.05, 4.69) is 10.5 Å². The Morgan fingerprint density at radius 3 is 2.02 bits per heavy atom. The maximum atomic E-state index is 14.3. The third-order valence-corrected chi connectivity index (χ3v) is 8.77. The second-order valence-corrected chi connectivity index (χ2v) is 10.8. The number of amides is 3. The maximum Gasteiger partial charge on any atom is 0.273 e. The number of imide groups is 1. The second-order valence-electron chi connectivity index (χ2n) is 10.8. The highest BCUT2D eigenvalue weighted by atomic mass is 16.3. The van der Waals surface area contributed by atoms with Crippen molar-refractivity contribution in [1.29, 1.82) is 0 Å². The Morgan fingerprint density at radius 1 is 0.829 bits per heavy atom. The monoisotopic (exact) mass is 541 g/mol. The highest BCUT2D eigenvalue weighted by Gasteiger charge is 2.67. The molecule has 0 radical (unpaired) electrons. The summed E-state index contributed by atoms with van der Waals surface area (Å²) in [6.45, 7) is 0.193. The number of benzene rings is 4. The summed E-state index contributed by atoms with van der Waals surface area (Å²) in [5.41, 5.74) is 6.49. The Bertz CT molecular complexity index is 1650. The summed E-state index contributed by atoms with van der Waals surface area (Å²) in [5.74, 6) is -2.74. The first-order chi connectivity index (χ1) is 20.0. The predicted molar refractivity (Wildman–Crippen MR) is 153 cm³/mol. The summed E-state index contributed by atoms with van der Waals surface area (Å²) >= 11 is 0. The number of nitrogens with one attached hydrogen (secondary N) is 1. The van der Waals surface area contributed by atoms with Gasteiger partial charge < -0.3 is 5.11 Å². The fraction of sp³-hybridized carbons (Fsp3) is 0.176. The molecule has 1 heterocycles. The highest BCUT2D eigenvalue weighted by molar-refractivity contribution is 6.11. The zero-order chi connectivity index (χ0) is 28.1. The Labute approximate surface area is 237 Å². The van der Waals surface area contributed by atoms with Crippen molar-refractivity contribution in [2.75, 3.05) is 0 Å². The van der Waals surface area contributed by atoms with Crippen molar-refractivity contribution < 1.29 is 19.5 Å². The average Bonchev–Trinajstić information content (AvgIpc) is 3.27. The van der Waals surface area contributed by atoms with E-state index in [0.29, 0.717) is 5.56 Å². The Kier molecular flexibility index (Phi) is 5.91. The number of hydrogen-bond acceptors (Lipinski definition) is 5. The Morgan fingerprint density at radius 2 is 1.39 bits per heavy atom. The highest BCUT2D eigenvalue weighted by Crippen LogP contribution is 2.63. The van der Waals surface area contributed by atoms with Gasteiger partial charge in [-0.05, 0) is 33.4 Å². The number of aliphatic hydroxyl groups is 1. The molecule has 4 aliphatic rings. The van der Waals surface area contributed by atoms with Gasteiger partial charge in [-0.3, -0.25) is 19.3 Å². The summed E-state index contributed by atoms with van der Waals surface area (Å²) < 4.78 is 0. The average molecular weight is 542 g/mol. The van der Waals surface area contributed by atoms with Crippen LogP contribution in [0.15, 0.2) is 114 Å². The Hall–Kier alpha value is -4.88. The molecule has 0 unspecified atom stereocenters. The van der Waals surface area contributed by atoms with Crippen LogP contribution in [0.4, 0.5) is 0 Å². The first-order valence-corrected chi connectivity index (χ1v) is 13.7. The summed E-state index contributed by atoms with van der Waals surface area (Å²) in [6.07, 6.45) is 0.196. The molecule has 0 spiro atoms. The van der Waals surface area contributed by atoms with Gasteiger partial charge in [-0.15, -0.1) is 0 Å². The number of likely N-dealkylation sites (tertiary alicyclic amines) is 1. The first kappa shape index (κ1) is 25.1. The zero-order valence-corrected chi connectivity index (χ0v) is 22.1. The van der Waals surface area contributed by atoms with Crippen molar-refractivity contribution in [1.82, 2.24) is 10.3 Å². The van der Waals surface area contributed by atoms with E-state index in [1.807, 2.05) is 78.9 Å². The lowest BCUT2D eigenvalue weighted by molar-refractivity contribution is -0.140. The number of rotatable bonds is 6. The third kappa shape index (κ3) is 3.69. The van der Waals surface area contributed by atoms with E-state index in [1.165, 1.54) is 4.90 Å². The minimum Gasteiger partial charge on any atom is -0.378 e. The van der Waals surface area contributed by atoms with Gasteiger partial charge in [-0.25, -0.2) is 5.43 Å². The van der Waals surface area contributed by atoms with Gasteiger partial charge >= 0.3 is 0 Å². The van der Waals surface area contributed by atoms with E-state index >= 15 is 0 Å². The molecule has 2 N–H and O–H groups in total. The molecule has 8 rings (SSSR count). The summed E-state index contributed by atoms with van der Waals surface area (Å²) in [7, 11) is 0. The number of nitrogens with zero attached hydrogens (tertiary/aromatic N) is 2. The van der Waals surface area contributed by atoms with Crippen LogP contribution in [0.25, 0.3) is 0 Å². The van der Waals surface area contributed by atoms with E-state index in [-0.39, 0.29) is 24.3 Å². The first-order valence-electron chi connectivity index (χ1n) is 13.7. The van der Waals surface area contributed by atoms with Crippen molar-refractivity contribution >= 4 is 23.9 Å². The van der Waals surface area contributed by atoms with E-state index < -0.39 is 29.3 Å². The standard InChI is InChI=1S/C34H27N3O4/c38-30(22-13-5-2-6-14-22)31(39)36-35-20-34-25-17-9-7-15-23(25)27(24-16-8-10-18-26(24)34)28-29(34)33(41)37(32(28)40)19-21-11-3-1-4-12-21/h1-18,20,27-30,38H,19H2,(H,36,39)/b35-20-/t27?,28-,29-,30-,34?/m0/s1. The van der Waals surface area contributed by atoms with Crippen molar-refractivity contribution in [3.63, 3.8) is 0 Å². The molecule has 4 aromatic carbocycles. The number of hydrazone groups is 1. The molecule has 7 nitrogen and oxygen atoms in total. The molecular weight excluding hydrogens is 514 g/mol. The van der Waals surface area contributed by atoms with Gasteiger partial charge in [0.15, 0.2) is 6.10 Å². The number of carbonyl (C=O) groups excluding carboxylic acids is 3. The van der Waals surface area contributed by atoms with Crippen LogP contribution < -0.4 is 5.43 Å². The molecule has 202 valence electrons. The van der Waals surface area contributed by atoms with E-state index in [1.54, 1.807) is 36.5 Å². The van der Waals surface area contributed by atoms with E-state index in [0.717, 1.165) is 27.8 Å². The van der Waals surface area contributed by atoms with Crippen LogP contribution in [-0.2, 0) is 26.3 Å². The molecule has 1 aliphatic heterocycles. The number of carbonyl (C=O) groups is 3. The van der Waals surface area contributed by atoms with Gasteiger partial charge in [0.25, 0.3) is 5.91 Å². The maximum absolute atomic E-state index is 14.3. The lowest BCUT2D eigenvalue weighted by Gasteiger charge is -2.52. The topological polar surface area (TPSA) is 99.1 Å². The van der Waals surface area contributed by atoms with Crippen LogP contribution in [0.1, 0.15) is 45.4 Å². The molecule has 3 amide bonds. The van der Waals surface area contributed by atoms with Gasteiger partial charge in [0, 0.05) is 12.1 Å². The van der Waals surface area contributed by atoms with Gasteiger partial charge in [0.2, 0.25) is 11.8 Å². The predicted octanol–water partition coefficient (Wildman–Crippen LogP) is 4.07. The minimum atomic E-state index is -1.41. The normalized spacial score (nSPS) is 24.6. The van der Waals surface area contributed by atoms with Crippen molar-refractivity contribution in [2.45, 2.75) is 24.0 Å². The summed E-state index contributed by atoms with van der Waals surface area (Å²) in [5, 5.41) is 15.0. The summed E-state index contributed by atoms with van der Waals surface area (Å²) in [4.78, 5) is 42.6. The van der Waals surface area contributed by atoms with Crippen LogP contribution in [0.3, 0.4) is 0 Å². The molecule has 0 saturated carbocycles. The zero-order valence-electron chi connectivity index (χ0n) is 22.1. The number of aliphatic hydroxyl groups excluding tert-OH is 1. The van der Waals surface area contributed by atoms with E-state index in [9.17, 15) is 19.5 Å². The van der Waals surface area contributed by atoms with Gasteiger partial charge in [0.05, 0.1) is 23.8 Å². The fourth-order valence-electron chi connectivity index (χ4n) is 7.08. The molecule has 7 heteroatoms. The van der Waals surface area contributed by atoms with Crippen LogP contribution in [0, 0.1) is 11.8 Å². The third-order valence-electron chi connectivity index (χ3n) is 8.77. The van der Waals surface area contributed by atoms with Crippen LogP contribution in [-0.4, -0.2) is 33.9 Å². The lowest BCUT2D eigenvalue weighted by Crippen LogP contribution is -2.54. The van der Waals surface area contributed by atoms with Crippen molar-refractivity contribution in [2.24, 2.45) is 16.9 Å². The van der Waals surface area contributed by atoms with E-state index in [4.69, 9.17) is 0 Å². The second kappa shape index (κ2) is 9.64. The minimum absolute atomic E-state index is 0.193. The molecule has 41 heavy (non-hydrogen) atoms.